The van der Waals surface area contributed by atoms with E-state index in [1.807, 2.05) is 11.0 Å². The Morgan fingerprint density at radius 3 is 2.41 bits per heavy atom. The minimum atomic E-state index is -0.615. The summed E-state index contributed by atoms with van der Waals surface area (Å²) in [5, 5.41) is 0. The number of nitrogens with zero attached hydrogens (tertiary/aromatic N) is 1. The van der Waals surface area contributed by atoms with Crippen molar-refractivity contribution in [3.63, 3.8) is 0 Å². The van der Waals surface area contributed by atoms with E-state index >= 15 is 0 Å². The SMILES string of the molecule is COC(=O)CN1C2CCC1C(C(=O)OC)C(OC(=O)c1ccccc1)C2.Cl. The Bertz CT molecular complexity index is 682. The van der Waals surface area contributed by atoms with E-state index in [0.29, 0.717) is 12.0 Å². The van der Waals surface area contributed by atoms with Crippen LogP contribution in [0.2, 0.25) is 0 Å². The fourth-order valence-corrected chi connectivity index (χ4v) is 4.07. The van der Waals surface area contributed by atoms with Crippen LogP contribution < -0.4 is 0 Å². The fraction of sp³-hybridized carbons (Fsp3) is 0.526. The molecule has 2 aliphatic heterocycles. The van der Waals surface area contributed by atoms with Crippen molar-refractivity contribution in [1.29, 1.82) is 0 Å². The van der Waals surface area contributed by atoms with Crippen molar-refractivity contribution in [2.75, 3.05) is 20.8 Å². The second kappa shape index (κ2) is 9.19. The van der Waals surface area contributed by atoms with Crippen LogP contribution in [-0.4, -0.2) is 61.8 Å². The molecule has 3 rings (SSSR count). The summed E-state index contributed by atoms with van der Waals surface area (Å²) in [5.74, 6) is -1.83. The number of benzene rings is 1. The summed E-state index contributed by atoms with van der Waals surface area (Å²) in [6.07, 6.45) is 1.52. The van der Waals surface area contributed by atoms with Crippen molar-refractivity contribution in [1.82, 2.24) is 4.90 Å². The average molecular weight is 398 g/mol. The number of methoxy groups -OCH3 is 2. The minimum Gasteiger partial charge on any atom is -0.469 e. The number of halogens is 1. The highest BCUT2D eigenvalue weighted by atomic mass is 35.5. The molecule has 2 fully saturated rings. The van der Waals surface area contributed by atoms with Gasteiger partial charge in [0, 0.05) is 18.5 Å². The monoisotopic (exact) mass is 397 g/mol. The zero-order valence-corrected chi connectivity index (χ0v) is 16.1. The standard InChI is InChI=1S/C19H23NO6.ClH/c1-24-16(21)11-20-13-8-9-14(20)17(19(23)25-2)15(10-13)26-18(22)12-6-4-3-5-7-12;/h3-7,13-15,17H,8-11H2,1-2H3;1H. The molecule has 27 heavy (non-hydrogen) atoms. The molecule has 148 valence electrons. The Hall–Kier alpha value is -2.12. The van der Waals surface area contributed by atoms with E-state index in [1.54, 1.807) is 24.3 Å². The van der Waals surface area contributed by atoms with E-state index in [4.69, 9.17) is 14.2 Å². The van der Waals surface area contributed by atoms with Crippen molar-refractivity contribution in [2.24, 2.45) is 5.92 Å². The molecule has 2 aliphatic rings. The summed E-state index contributed by atoms with van der Waals surface area (Å²) < 4.78 is 15.4. The van der Waals surface area contributed by atoms with Crippen LogP contribution in [0.3, 0.4) is 0 Å². The van der Waals surface area contributed by atoms with Crippen LogP contribution in [0.1, 0.15) is 29.6 Å². The molecule has 0 aromatic heterocycles. The normalized spacial score (nSPS) is 26.6. The molecule has 1 aromatic carbocycles. The summed E-state index contributed by atoms with van der Waals surface area (Å²) in [6.45, 7) is 0.124. The van der Waals surface area contributed by atoms with Gasteiger partial charge in [-0.05, 0) is 25.0 Å². The first-order valence-electron chi connectivity index (χ1n) is 8.71. The number of ether oxygens (including phenoxy) is 3. The lowest BCUT2D eigenvalue weighted by Gasteiger charge is -2.42. The van der Waals surface area contributed by atoms with Gasteiger partial charge >= 0.3 is 17.9 Å². The molecule has 0 aliphatic carbocycles. The van der Waals surface area contributed by atoms with E-state index in [2.05, 4.69) is 0 Å². The van der Waals surface area contributed by atoms with Gasteiger partial charge in [0.2, 0.25) is 0 Å². The smallest absolute Gasteiger partial charge is 0.338 e. The first-order valence-corrected chi connectivity index (χ1v) is 8.71. The summed E-state index contributed by atoms with van der Waals surface area (Å²) in [6, 6.07) is 8.57. The molecular formula is C19H24ClNO6. The largest absolute Gasteiger partial charge is 0.469 e. The van der Waals surface area contributed by atoms with Crippen molar-refractivity contribution in [2.45, 2.75) is 37.5 Å². The molecule has 2 heterocycles. The van der Waals surface area contributed by atoms with E-state index in [9.17, 15) is 14.4 Å². The van der Waals surface area contributed by atoms with Gasteiger partial charge in [0.1, 0.15) is 12.0 Å². The quantitative estimate of drug-likeness (QED) is 0.553. The Balaban J connectivity index is 0.00000261. The molecule has 2 saturated heterocycles. The fourth-order valence-electron chi connectivity index (χ4n) is 4.07. The van der Waals surface area contributed by atoms with Crippen LogP contribution in [0, 0.1) is 5.92 Å². The molecule has 0 saturated carbocycles. The van der Waals surface area contributed by atoms with Gasteiger partial charge in [-0.25, -0.2) is 4.79 Å². The lowest BCUT2D eigenvalue weighted by molar-refractivity contribution is -0.159. The van der Waals surface area contributed by atoms with Crippen LogP contribution >= 0.6 is 12.4 Å². The Morgan fingerprint density at radius 1 is 1.07 bits per heavy atom. The van der Waals surface area contributed by atoms with E-state index in [0.717, 1.165) is 12.8 Å². The number of hydrogen-bond donors (Lipinski definition) is 0. The zero-order chi connectivity index (χ0) is 18.7. The van der Waals surface area contributed by atoms with Gasteiger partial charge in [0.15, 0.2) is 0 Å². The molecule has 0 radical (unpaired) electrons. The molecule has 7 nitrogen and oxygen atoms in total. The highest BCUT2D eigenvalue weighted by Crippen LogP contribution is 2.41. The number of rotatable bonds is 5. The summed E-state index contributed by atoms with van der Waals surface area (Å²) in [5.41, 5.74) is 0.445. The highest BCUT2D eigenvalue weighted by Gasteiger charge is 2.52. The van der Waals surface area contributed by atoms with E-state index in [-0.39, 0.29) is 37.0 Å². The molecule has 8 heteroatoms. The predicted molar refractivity (Wildman–Crippen MR) is 98.5 cm³/mol. The molecule has 0 spiro atoms. The summed E-state index contributed by atoms with van der Waals surface area (Å²) >= 11 is 0. The van der Waals surface area contributed by atoms with Gasteiger partial charge < -0.3 is 14.2 Å². The lowest BCUT2D eigenvalue weighted by atomic mass is 9.87. The van der Waals surface area contributed by atoms with Crippen LogP contribution in [0.25, 0.3) is 0 Å². The van der Waals surface area contributed by atoms with Crippen LogP contribution in [0.15, 0.2) is 30.3 Å². The second-order valence-electron chi connectivity index (χ2n) is 6.64. The van der Waals surface area contributed by atoms with Gasteiger partial charge in [0.25, 0.3) is 0 Å². The molecule has 1 aromatic rings. The van der Waals surface area contributed by atoms with E-state index < -0.39 is 24.0 Å². The molecule has 0 N–H and O–H groups in total. The molecule has 4 atom stereocenters. The number of piperidine rings is 1. The lowest BCUT2D eigenvalue weighted by Crippen LogP contribution is -2.56. The number of carbonyl (C=O) groups excluding carboxylic acids is 3. The highest BCUT2D eigenvalue weighted by molar-refractivity contribution is 5.89. The van der Waals surface area contributed by atoms with Gasteiger partial charge in [-0.2, -0.15) is 0 Å². The third kappa shape index (κ3) is 4.42. The van der Waals surface area contributed by atoms with Crippen molar-refractivity contribution >= 4 is 30.3 Å². The molecule has 4 unspecified atom stereocenters. The maximum absolute atomic E-state index is 12.4. The van der Waals surface area contributed by atoms with E-state index in [1.165, 1.54) is 14.2 Å². The van der Waals surface area contributed by atoms with Crippen molar-refractivity contribution in [3.05, 3.63) is 35.9 Å². The third-order valence-corrected chi connectivity index (χ3v) is 5.29. The first kappa shape index (κ1) is 21.2. The summed E-state index contributed by atoms with van der Waals surface area (Å²) in [7, 11) is 2.67. The second-order valence-corrected chi connectivity index (χ2v) is 6.64. The van der Waals surface area contributed by atoms with Gasteiger partial charge in [0.05, 0.1) is 26.3 Å². The van der Waals surface area contributed by atoms with Crippen LogP contribution in [0.4, 0.5) is 0 Å². The molecular weight excluding hydrogens is 374 g/mol. The Morgan fingerprint density at radius 2 is 1.78 bits per heavy atom. The third-order valence-electron chi connectivity index (χ3n) is 5.29. The maximum atomic E-state index is 12.4. The topological polar surface area (TPSA) is 82.1 Å². The predicted octanol–water partition coefficient (Wildman–Crippen LogP) is 1.83. The zero-order valence-electron chi connectivity index (χ0n) is 15.3. The van der Waals surface area contributed by atoms with Gasteiger partial charge in [-0.15, -0.1) is 12.4 Å². The van der Waals surface area contributed by atoms with Gasteiger partial charge in [-0.1, -0.05) is 18.2 Å². The van der Waals surface area contributed by atoms with Crippen molar-refractivity contribution < 1.29 is 28.6 Å². The van der Waals surface area contributed by atoms with Crippen molar-refractivity contribution in [3.8, 4) is 0 Å². The van der Waals surface area contributed by atoms with Crippen LogP contribution in [-0.2, 0) is 23.8 Å². The maximum Gasteiger partial charge on any atom is 0.338 e. The minimum absolute atomic E-state index is 0. The number of hydrogen-bond acceptors (Lipinski definition) is 7. The average Bonchev–Trinajstić information content (AvgIpc) is 2.93. The number of fused-ring (bicyclic) bond motifs is 2. The summed E-state index contributed by atoms with van der Waals surface area (Å²) in [4.78, 5) is 38.6. The van der Waals surface area contributed by atoms with Gasteiger partial charge in [-0.3, -0.25) is 14.5 Å². The molecule has 2 bridgehead atoms. The number of esters is 3. The number of carbonyl (C=O) groups is 3. The first-order chi connectivity index (χ1) is 12.5. The van der Waals surface area contributed by atoms with Crippen LogP contribution in [0.5, 0.6) is 0 Å². The Labute approximate surface area is 164 Å². The Kier molecular flexibility index (Phi) is 7.21. The molecule has 0 amide bonds.